The van der Waals surface area contributed by atoms with E-state index in [0.29, 0.717) is 12.8 Å². The van der Waals surface area contributed by atoms with Gasteiger partial charge in [0, 0.05) is 18.3 Å². The van der Waals surface area contributed by atoms with Crippen LogP contribution in [0.25, 0.3) is 0 Å². The first-order chi connectivity index (χ1) is 7.02. The van der Waals surface area contributed by atoms with Crippen molar-refractivity contribution in [1.29, 1.82) is 0 Å². The number of Topliss-reactive ketones (excluding diaryl/α,β-unsaturated/α-hetero) is 1. The molecule has 0 radical (unpaired) electrons. The van der Waals surface area contributed by atoms with Gasteiger partial charge in [-0.3, -0.25) is 4.79 Å². The molecule has 0 aromatic heterocycles. The van der Waals surface area contributed by atoms with E-state index >= 15 is 0 Å². The molecule has 0 aliphatic rings. The molecule has 0 aliphatic heterocycles. The predicted molar refractivity (Wildman–Crippen MR) is 62.8 cm³/mol. The molecule has 15 heavy (non-hydrogen) atoms. The number of rotatable bonds is 9. The Morgan fingerprint density at radius 3 is 2.27 bits per heavy atom. The zero-order chi connectivity index (χ0) is 11.7. The monoisotopic (exact) mass is 212 g/mol. The maximum absolute atomic E-state index is 11.5. The van der Waals surface area contributed by atoms with Crippen molar-refractivity contribution in [3.05, 3.63) is 0 Å². The van der Waals surface area contributed by atoms with Crippen LogP contribution in [0.5, 0.6) is 0 Å². The van der Waals surface area contributed by atoms with E-state index in [-0.39, 0.29) is 5.78 Å². The summed E-state index contributed by atoms with van der Waals surface area (Å²) in [5, 5.41) is 0. The van der Waals surface area contributed by atoms with Gasteiger partial charge in [0.1, 0.15) is 12.1 Å². The number of hydrogen-bond acceptors (Lipinski definition) is 2. The molecule has 0 atom stereocenters. The minimum atomic E-state index is -0.472. The first kappa shape index (κ1) is 14.3. The van der Waals surface area contributed by atoms with Crippen molar-refractivity contribution in [3.63, 3.8) is 0 Å². The summed E-state index contributed by atoms with van der Waals surface area (Å²) < 4.78 is 0. The van der Waals surface area contributed by atoms with Gasteiger partial charge in [0.2, 0.25) is 0 Å². The average molecular weight is 212 g/mol. The SMILES string of the molecule is CCCCCCCC(=O)CC(C)(C)C=O. The number of ketones is 1. The van der Waals surface area contributed by atoms with Crippen LogP contribution in [0, 0.1) is 5.41 Å². The van der Waals surface area contributed by atoms with Crippen molar-refractivity contribution in [2.45, 2.75) is 65.7 Å². The van der Waals surface area contributed by atoms with Gasteiger partial charge in [0.15, 0.2) is 0 Å². The van der Waals surface area contributed by atoms with Gasteiger partial charge >= 0.3 is 0 Å². The van der Waals surface area contributed by atoms with Crippen LogP contribution in [0.4, 0.5) is 0 Å². The molecule has 0 amide bonds. The second-order valence-electron chi connectivity index (χ2n) is 4.99. The quantitative estimate of drug-likeness (QED) is 0.433. The molecule has 0 saturated heterocycles. The fourth-order valence-corrected chi connectivity index (χ4v) is 1.56. The van der Waals surface area contributed by atoms with Crippen LogP contribution in [0.1, 0.15) is 65.7 Å². The molecule has 2 nitrogen and oxygen atoms in total. The second kappa shape index (κ2) is 7.61. The number of carbonyl (C=O) groups is 2. The van der Waals surface area contributed by atoms with Crippen LogP contribution >= 0.6 is 0 Å². The Bertz CT molecular complexity index is 195. The zero-order valence-electron chi connectivity index (χ0n) is 10.3. The fourth-order valence-electron chi connectivity index (χ4n) is 1.56. The Morgan fingerprint density at radius 1 is 1.13 bits per heavy atom. The predicted octanol–water partition coefficient (Wildman–Crippen LogP) is 3.53. The number of aldehydes is 1. The summed E-state index contributed by atoms with van der Waals surface area (Å²) in [6, 6.07) is 0. The largest absolute Gasteiger partial charge is 0.303 e. The first-order valence-corrected chi connectivity index (χ1v) is 6.00. The lowest BCUT2D eigenvalue weighted by Crippen LogP contribution is -2.18. The molecule has 0 bridgehead atoms. The molecule has 2 heteroatoms. The molecule has 0 fully saturated rings. The summed E-state index contributed by atoms with van der Waals surface area (Å²) in [6.45, 7) is 5.81. The fraction of sp³-hybridized carbons (Fsp3) is 0.846. The molecule has 0 heterocycles. The maximum atomic E-state index is 11.5. The van der Waals surface area contributed by atoms with Crippen LogP contribution in [0.3, 0.4) is 0 Å². The van der Waals surface area contributed by atoms with Gasteiger partial charge in [-0.2, -0.15) is 0 Å². The standard InChI is InChI=1S/C13H24O2/c1-4-5-6-7-8-9-12(15)10-13(2,3)11-14/h11H,4-10H2,1-3H3. The van der Waals surface area contributed by atoms with Crippen LogP contribution in [-0.4, -0.2) is 12.1 Å². The van der Waals surface area contributed by atoms with E-state index in [0.717, 1.165) is 19.1 Å². The molecule has 0 aromatic carbocycles. The van der Waals surface area contributed by atoms with Gasteiger partial charge in [0.25, 0.3) is 0 Å². The highest BCUT2D eigenvalue weighted by atomic mass is 16.1. The third-order valence-electron chi connectivity index (χ3n) is 2.53. The molecule has 0 spiro atoms. The minimum Gasteiger partial charge on any atom is -0.303 e. The van der Waals surface area contributed by atoms with Gasteiger partial charge < -0.3 is 4.79 Å². The van der Waals surface area contributed by atoms with Crippen LogP contribution in [0.2, 0.25) is 0 Å². The highest BCUT2D eigenvalue weighted by Crippen LogP contribution is 2.19. The third kappa shape index (κ3) is 8.34. The lowest BCUT2D eigenvalue weighted by molar-refractivity contribution is -0.125. The molecule has 88 valence electrons. The molecule has 0 rings (SSSR count). The van der Waals surface area contributed by atoms with E-state index in [1.54, 1.807) is 0 Å². The second-order valence-corrected chi connectivity index (χ2v) is 4.99. The van der Waals surface area contributed by atoms with E-state index in [4.69, 9.17) is 0 Å². The van der Waals surface area contributed by atoms with E-state index in [1.165, 1.54) is 19.3 Å². The normalized spacial score (nSPS) is 11.4. The smallest absolute Gasteiger partial charge is 0.133 e. The highest BCUT2D eigenvalue weighted by molar-refractivity contribution is 5.82. The molecule has 0 N–H and O–H groups in total. The van der Waals surface area contributed by atoms with Crippen molar-refractivity contribution in [3.8, 4) is 0 Å². The Labute approximate surface area is 93.4 Å². The van der Waals surface area contributed by atoms with Gasteiger partial charge in [-0.05, 0) is 6.42 Å². The van der Waals surface area contributed by atoms with E-state index in [1.807, 2.05) is 13.8 Å². The van der Waals surface area contributed by atoms with Crippen LogP contribution < -0.4 is 0 Å². The van der Waals surface area contributed by atoms with Crippen molar-refractivity contribution in [1.82, 2.24) is 0 Å². The van der Waals surface area contributed by atoms with Crippen LogP contribution in [-0.2, 0) is 9.59 Å². The molecule has 0 aliphatic carbocycles. The summed E-state index contributed by atoms with van der Waals surface area (Å²) in [6.07, 6.45) is 7.74. The van der Waals surface area contributed by atoms with E-state index in [2.05, 4.69) is 6.92 Å². The molecule has 0 saturated carbocycles. The molecule has 0 unspecified atom stereocenters. The van der Waals surface area contributed by atoms with Crippen molar-refractivity contribution in [2.75, 3.05) is 0 Å². The Kier molecular flexibility index (Phi) is 7.27. The molecule has 0 aromatic rings. The van der Waals surface area contributed by atoms with Crippen molar-refractivity contribution in [2.24, 2.45) is 5.41 Å². The highest BCUT2D eigenvalue weighted by Gasteiger charge is 2.20. The van der Waals surface area contributed by atoms with Gasteiger partial charge in [0.05, 0.1) is 0 Å². The lowest BCUT2D eigenvalue weighted by atomic mass is 9.88. The van der Waals surface area contributed by atoms with Crippen LogP contribution in [0.15, 0.2) is 0 Å². The van der Waals surface area contributed by atoms with E-state index < -0.39 is 5.41 Å². The van der Waals surface area contributed by atoms with Crippen molar-refractivity contribution >= 4 is 12.1 Å². The summed E-state index contributed by atoms with van der Waals surface area (Å²) >= 11 is 0. The number of carbonyl (C=O) groups excluding carboxylic acids is 2. The lowest BCUT2D eigenvalue weighted by Gasteiger charge is -2.14. The Balaban J connectivity index is 3.54. The molecular formula is C13H24O2. The summed E-state index contributed by atoms with van der Waals surface area (Å²) in [4.78, 5) is 22.1. The Hall–Kier alpha value is -0.660. The minimum absolute atomic E-state index is 0.226. The van der Waals surface area contributed by atoms with Crippen molar-refractivity contribution < 1.29 is 9.59 Å². The number of hydrogen-bond donors (Lipinski definition) is 0. The first-order valence-electron chi connectivity index (χ1n) is 6.00. The van der Waals surface area contributed by atoms with Gasteiger partial charge in [-0.25, -0.2) is 0 Å². The van der Waals surface area contributed by atoms with Gasteiger partial charge in [-0.15, -0.1) is 0 Å². The summed E-state index contributed by atoms with van der Waals surface area (Å²) in [5.74, 6) is 0.226. The molecular weight excluding hydrogens is 188 g/mol. The maximum Gasteiger partial charge on any atom is 0.133 e. The Morgan fingerprint density at radius 2 is 1.73 bits per heavy atom. The average Bonchev–Trinajstić information content (AvgIpc) is 2.17. The summed E-state index contributed by atoms with van der Waals surface area (Å²) in [7, 11) is 0. The third-order valence-corrected chi connectivity index (χ3v) is 2.53. The van der Waals surface area contributed by atoms with E-state index in [9.17, 15) is 9.59 Å². The summed E-state index contributed by atoms with van der Waals surface area (Å²) in [5.41, 5.74) is -0.472. The van der Waals surface area contributed by atoms with Gasteiger partial charge in [-0.1, -0.05) is 46.5 Å². The topological polar surface area (TPSA) is 34.1 Å². The zero-order valence-corrected chi connectivity index (χ0v) is 10.3. The number of unbranched alkanes of at least 4 members (excludes halogenated alkanes) is 4.